The molecular formula is C23H26ClN7O2S. The molecule has 1 aromatic carbocycles. The summed E-state index contributed by atoms with van der Waals surface area (Å²) in [5.41, 5.74) is 2.12. The van der Waals surface area contributed by atoms with E-state index in [0.717, 1.165) is 34.8 Å². The average molecular weight is 500 g/mol. The number of aromatic amines is 1. The lowest BCUT2D eigenvalue weighted by molar-refractivity contribution is 0.133. The number of ether oxygens (including phenoxy) is 1. The number of hydrogen-bond acceptors (Lipinski definition) is 7. The molecular weight excluding hydrogens is 474 g/mol. The molecule has 0 bridgehead atoms. The Balaban J connectivity index is 1.44. The molecule has 0 spiro atoms. The zero-order chi connectivity index (χ0) is 23.9. The van der Waals surface area contributed by atoms with E-state index in [1.54, 1.807) is 12.6 Å². The standard InChI is InChI=1S/C23H26ClN7O2S/c1-14(29-22-20-21(26-12-25-20)27-13-28-22)18-11-15-5-4-6-17(24)19(15)23(30-18)33-16-7-9-31(10-8-16)34(2,3)32/h4-6,11-14,16H,2,7-10H2,1,3H3,(H2,25,26,27,28,29)/t14-,34?/m1/s1. The fourth-order valence-corrected chi connectivity index (χ4v) is 5.45. The molecule has 1 saturated heterocycles. The van der Waals surface area contributed by atoms with Gasteiger partial charge in [-0.25, -0.2) is 24.2 Å². The summed E-state index contributed by atoms with van der Waals surface area (Å²) in [5.74, 6) is 4.95. The SMILES string of the molecule is C=S(C)(=O)N1CCC(Oc2nc([C@@H](C)Nc3ncnc4nc[nH]c34)cc3cccc(Cl)c23)CC1. The highest BCUT2D eigenvalue weighted by molar-refractivity contribution is 7.97. The number of rotatable bonds is 6. The van der Waals surface area contributed by atoms with E-state index in [1.165, 1.54) is 6.33 Å². The van der Waals surface area contributed by atoms with Crippen LogP contribution in [0, 0.1) is 0 Å². The number of fused-ring (bicyclic) bond motifs is 2. The Morgan fingerprint density at radius 3 is 2.85 bits per heavy atom. The minimum absolute atomic E-state index is 0.0463. The fraction of sp³-hybridized carbons (Fsp3) is 0.348. The summed E-state index contributed by atoms with van der Waals surface area (Å²) < 4.78 is 20.6. The monoisotopic (exact) mass is 499 g/mol. The van der Waals surface area contributed by atoms with Crippen molar-refractivity contribution in [1.29, 1.82) is 0 Å². The lowest BCUT2D eigenvalue weighted by Crippen LogP contribution is -2.41. The highest BCUT2D eigenvalue weighted by atomic mass is 35.5. The predicted molar refractivity (Wildman–Crippen MR) is 137 cm³/mol. The normalized spacial score (nSPS) is 18.1. The van der Waals surface area contributed by atoms with E-state index < -0.39 is 9.71 Å². The number of anilines is 1. The molecule has 0 aliphatic carbocycles. The van der Waals surface area contributed by atoms with Gasteiger partial charge in [-0.3, -0.25) is 4.21 Å². The largest absolute Gasteiger partial charge is 0.474 e. The van der Waals surface area contributed by atoms with Gasteiger partial charge in [0.1, 0.15) is 17.9 Å². The van der Waals surface area contributed by atoms with Gasteiger partial charge in [0.2, 0.25) is 5.88 Å². The number of aromatic nitrogens is 5. The van der Waals surface area contributed by atoms with Crippen molar-refractivity contribution in [2.75, 3.05) is 24.7 Å². The third-order valence-electron chi connectivity index (χ3n) is 6.04. The van der Waals surface area contributed by atoms with Crippen LogP contribution in [0.2, 0.25) is 5.02 Å². The van der Waals surface area contributed by atoms with Crippen molar-refractivity contribution >= 4 is 54.9 Å². The molecule has 1 aliphatic heterocycles. The summed E-state index contributed by atoms with van der Waals surface area (Å²) in [6.45, 7) is 3.35. The minimum atomic E-state index is -2.21. The molecule has 178 valence electrons. The van der Waals surface area contributed by atoms with Crippen molar-refractivity contribution in [3.05, 3.63) is 47.6 Å². The summed E-state index contributed by atoms with van der Waals surface area (Å²) in [5, 5.41) is 5.73. The Hall–Kier alpha value is -2.95. The zero-order valence-electron chi connectivity index (χ0n) is 19.0. The highest BCUT2D eigenvalue weighted by Gasteiger charge is 2.25. The molecule has 34 heavy (non-hydrogen) atoms. The van der Waals surface area contributed by atoms with Gasteiger partial charge >= 0.3 is 0 Å². The van der Waals surface area contributed by atoms with Crippen LogP contribution in [0.5, 0.6) is 5.88 Å². The van der Waals surface area contributed by atoms with Crippen LogP contribution in [0.4, 0.5) is 5.82 Å². The van der Waals surface area contributed by atoms with E-state index in [-0.39, 0.29) is 12.1 Å². The van der Waals surface area contributed by atoms with Gasteiger partial charge in [0.25, 0.3) is 0 Å². The molecule has 0 saturated carbocycles. The Morgan fingerprint density at radius 2 is 2.09 bits per heavy atom. The van der Waals surface area contributed by atoms with Gasteiger partial charge in [0.15, 0.2) is 11.5 Å². The number of nitrogens with one attached hydrogen (secondary N) is 2. The Morgan fingerprint density at radius 1 is 1.29 bits per heavy atom. The molecule has 1 aliphatic rings. The number of nitrogens with zero attached hydrogens (tertiary/aromatic N) is 5. The van der Waals surface area contributed by atoms with Gasteiger partial charge in [-0.05, 0) is 43.2 Å². The van der Waals surface area contributed by atoms with E-state index in [2.05, 4.69) is 31.1 Å². The number of halogens is 1. The van der Waals surface area contributed by atoms with Crippen molar-refractivity contribution < 1.29 is 8.95 Å². The number of hydrogen-bond donors (Lipinski definition) is 2. The molecule has 4 heterocycles. The van der Waals surface area contributed by atoms with Crippen LogP contribution in [0.1, 0.15) is 31.5 Å². The van der Waals surface area contributed by atoms with Crippen LogP contribution in [0.15, 0.2) is 36.9 Å². The van der Waals surface area contributed by atoms with E-state index in [0.29, 0.717) is 35.5 Å². The van der Waals surface area contributed by atoms with Gasteiger partial charge in [0.05, 0.1) is 28.5 Å². The molecule has 4 aromatic rings. The van der Waals surface area contributed by atoms with Gasteiger partial charge in [-0.1, -0.05) is 23.7 Å². The van der Waals surface area contributed by atoms with E-state index in [1.807, 2.05) is 35.5 Å². The van der Waals surface area contributed by atoms with Crippen LogP contribution in [-0.4, -0.2) is 64.8 Å². The molecule has 0 amide bonds. The molecule has 0 radical (unpaired) electrons. The molecule has 3 aromatic heterocycles. The summed E-state index contributed by atoms with van der Waals surface area (Å²) >= 11 is 6.56. The van der Waals surface area contributed by atoms with Crippen molar-refractivity contribution in [2.45, 2.75) is 31.9 Å². The first-order valence-electron chi connectivity index (χ1n) is 11.0. The molecule has 5 rings (SSSR count). The van der Waals surface area contributed by atoms with E-state index >= 15 is 0 Å². The number of piperidine rings is 1. The van der Waals surface area contributed by atoms with Gasteiger partial charge < -0.3 is 15.0 Å². The molecule has 11 heteroatoms. The molecule has 2 atom stereocenters. The van der Waals surface area contributed by atoms with E-state index in [9.17, 15) is 4.21 Å². The summed E-state index contributed by atoms with van der Waals surface area (Å²) in [7, 11) is -2.21. The molecule has 2 N–H and O–H groups in total. The first-order chi connectivity index (χ1) is 16.3. The van der Waals surface area contributed by atoms with Gasteiger partial charge in [-0.15, -0.1) is 0 Å². The van der Waals surface area contributed by atoms with Crippen LogP contribution in [-0.2, 0) is 9.71 Å². The van der Waals surface area contributed by atoms with E-state index in [4.69, 9.17) is 21.3 Å². The predicted octanol–water partition coefficient (Wildman–Crippen LogP) is 3.83. The lowest BCUT2D eigenvalue weighted by atomic mass is 10.1. The number of H-pyrrole nitrogens is 1. The number of pyridine rings is 1. The molecule has 9 nitrogen and oxygen atoms in total. The Labute approximate surface area is 203 Å². The van der Waals surface area contributed by atoms with Crippen LogP contribution in [0.3, 0.4) is 0 Å². The second-order valence-electron chi connectivity index (χ2n) is 8.59. The summed E-state index contributed by atoms with van der Waals surface area (Å²) in [6, 6.07) is 7.59. The first-order valence-corrected chi connectivity index (χ1v) is 13.5. The van der Waals surface area contributed by atoms with Crippen molar-refractivity contribution in [3.63, 3.8) is 0 Å². The van der Waals surface area contributed by atoms with Crippen LogP contribution < -0.4 is 10.1 Å². The van der Waals surface area contributed by atoms with Crippen molar-refractivity contribution in [2.24, 2.45) is 0 Å². The Bertz CT molecular complexity index is 1450. The molecule has 1 fully saturated rings. The fourth-order valence-electron chi connectivity index (χ4n) is 4.21. The molecule has 1 unspecified atom stereocenters. The Kier molecular flexibility index (Phi) is 6.05. The maximum absolute atomic E-state index is 12.3. The van der Waals surface area contributed by atoms with Crippen LogP contribution in [0.25, 0.3) is 21.9 Å². The van der Waals surface area contributed by atoms with Crippen molar-refractivity contribution in [1.82, 2.24) is 29.2 Å². The second kappa shape index (κ2) is 9.01. The van der Waals surface area contributed by atoms with Crippen molar-refractivity contribution in [3.8, 4) is 5.88 Å². The number of imidazole rings is 1. The zero-order valence-corrected chi connectivity index (χ0v) is 20.6. The average Bonchev–Trinajstić information content (AvgIpc) is 3.29. The van der Waals surface area contributed by atoms with Crippen LogP contribution >= 0.6 is 11.6 Å². The van der Waals surface area contributed by atoms with Gasteiger partial charge in [0, 0.05) is 29.1 Å². The van der Waals surface area contributed by atoms with Gasteiger partial charge in [-0.2, -0.15) is 0 Å². The third kappa shape index (κ3) is 4.53. The first kappa shape index (κ1) is 22.8. The smallest absolute Gasteiger partial charge is 0.223 e. The quantitative estimate of drug-likeness (QED) is 0.388. The second-order valence-corrected chi connectivity index (χ2v) is 11.4. The topological polar surface area (TPSA) is 109 Å². The summed E-state index contributed by atoms with van der Waals surface area (Å²) in [6.07, 6.45) is 6.18. The third-order valence-corrected chi connectivity index (χ3v) is 7.81. The maximum Gasteiger partial charge on any atom is 0.223 e. The maximum atomic E-state index is 12.3. The highest BCUT2D eigenvalue weighted by Crippen LogP contribution is 2.35. The summed E-state index contributed by atoms with van der Waals surface area (Å²) in [4.78, 5) is 20.6. The number of benzene rings is 1. The minimum Gasteiger partial charge on any atom is -0.474 e. The lowest BCUT2D eigenvalue weighted by Gasteiger charge is -2.32.